The molecule has 0 saturated carbocycles. The molecule has 0 unspecified atom stereocenters. The van der Waals surface area contributed by atoms with Crippen LogP contribution in [0.2, 0.25) is 0 Å². The van der Waals surface area contributed by atoms with E-state index in [0.717, 1.165) is 29.1 Å². The predicted octanol–water partition coefficient (Wildman–Crippen LogP) is 2.22. The van der Waals surface area contributed by atoms with Gasteiger partial charge in [-0.3, -0.25) is 9.89 Å². The first-order valence-corrected chi connectivity index (χ1v) is 8.96. The number of H-pyrrole nitrogens is 1. The Kier molecular flexibility index (Phi) is 5.88. The molecule has 1 N–H and O–H groups in total. The summed E-state index contributed by atoms with van der Waals surface area (Å²) in [6.07, 6.45) is 2.67. The fourth-order valence-electron chi connectivity index (χ4n) is 3.36. The molecule has 1 amide bonds. The van der Waals surface area contributed by atoms with Crippen molar-refractivity contribution in [1.82, 2.24) is 20.1 Å². The average Bonchev–Trinajstić information content (AvgIpc) is 3.28. The SMILES string of the molecule is Cc1cccc(C)c1OCCC(=O)N(C)C[C@H]1OCC[C@H]1c1ncn[nH]1. The molecule has 1 aromatic carbocycles. The summed E-state index contributed by atoms with van der Waals surface area (Å²) in [5, 5.41) is 6.82. The second-order valence-electron chi connectivity index (χ2n) is 6.77. The Morgan fingerprint density at radius 1 is 1.38 bits per heavy atom. The number of hydrogen-bond donors (Lipinski definition) is 1. The summed E-state index contributed by atoms with van der Waals surface area (Å²) in [6, 6.07) is 6.03. The molecule has 1 saturated heterocycles. The number of para-hydroxylation sites is 1. The van der Waals surface area contributed by atoms with Gasteiger partial charge in [0.25, 0.3) is 0 Å². The lowest BCUT2D eigenvalue weighted by Crippen LogP contribution is -2.37. The van der Waals surface area contributed by atoms with Gasteiger partial charge in [0.2, 0.25) is 5.91 Å². The zero-order chi connectivity index (χ0) is 18.5. The van der Waals surface area contributed by atoms with Gasteiger partial charge in [-0.15, -0.1) is 0 Å². The molecular weight excluding hydrogens is 332 g/mol. The van der Waals surface area contributed by atoms with Crippen LogP contribution in [-0.4, -0.2) is 58.9 Å². The van der Waals surface area contributed by atoms with E-state index in [0.29, 0.717) is 26.2 Å². The lowest BCUT2D eigenvalue weighted by molar-refractivity contribution is -0.131. The number of nitrogens with zero attached hydrogens (tertiary/aromatic N) is 3. The Labute approximate surface area is 153 Å². The Morgan fingerprint density at radius 2 is 2.15 bits per heavy atom. The van der Waals surface area contributed by atoms with E-state index in [1.807, 2.05) is 32.0 Å². The summed E-state index contributed by atoms with van der Waals surface area (Å²) in [5.41, 5.74) is 2.17. The number of hydrogen-bond acceptors (Lipinski definition) is 5. The third-order valence-electron chi connectivity index (χ3n) is 4.85. The summed E-state index contributed by atoms with van der Waals surface area (Å²) in [6.45, 7) is 5.60. The summed E-state index contributed by atoms with van der Waals surface area (Å²) in [4.78, 5) is 18.4. The highest BCUT2D eigenvalue weighted by atomic mass is 16.5. The quantitative estimate of drug-likeness (QED) is 0.821. The lowest BCUT2D eigenvalue weighted by atomic mass is 10.0. The molecule has 1 fully saturated rings. The van der Waals surface area contributed by atoms with Gasteiger partial charge >= 0.3 is 0 Å². The summed E-state index contributed by atoms with van der Waals surface area (Å²) < 4.78 is 11.6. The standard InChI is InChI=1S/C19H26N4O3/c1-13-5-4-6-14(2)18(13)26-10-8-17(24)23(3)11-16-15(7-9-25-16)19-20-12-21-22-19/h4-6,12,15-16H,7-11H2,1-3H3,(H,20,21,22)/t15-,16-/m1/s1. The fraction of sp³-hybridized carbons (Fsp3) is 0.526. The highest BCUT2D eigenvalue weighted by molar-refractivity contribution is 5.76. The summed E-state index contributed by atoms with van der Waals surface area (Å²) >= 11 is 0. The minimum Gasteiger partial charge on any atom is -0.493 e. The van der Waals surface area contributed by atoms with Crippen molar-refractivity contribution in [3.63, 3.8) is 0 Å². The first-order valence-electron chi connectivity index (χ1n) is 8.96. The van der Waals surface area contributed by atoms with Crippen molar-refractivity contribution in [2.75, 3.05) is 26.8 Å². The van der Waals surface area contributed by atoms with Gasteiger partial charge < -0.3 is 14.4 Å². The first-order chi connectivity index (χ1) is 12.6. The van der Waals surface area contributed by atoms with Crippen LogP contribution in [0.4, 0.5) is 0 Å². The van der Waals surface area contributed by atoms with E-state index in [-0.39, 0.29) is 17.9 Å². The number of aromatic nitrogens is 3. The number of carbonyl (C=O) groups is 1. The summed E-state index contributed by atoms with van der Waals surface area (Å²) in [7, 11) is 1.81. The number of ether oxygens (including phenoxy) is 2. The maximum atomic E-state index is 12.4. The van der Waals surface area contributed by atoms with Crippen molar-refractivity contribution in [2.45, 2.75) is 38.7 Å². The van der Waals surface area contributed by atoms with Gasteiger partial charge in [-0.05, 0) is 31.4 Å². The van der Waals surface area contributed by atoms with E-state index in [2.05, 4.69) is 15.2 Å². The fourth-order valence-corrected chi connectivity index (χ4v) is 3.36. The van der Waals surface area contributed by atoms with E-state index in [1.54, 1.807) is 11.9 Å². The minimum absolute atomic E-state index is 0.0445. The topological polar surface area (TPSA) is 80.3 Å². The van der Waals surface area contributed by atoms with E-state index >= 15 is 0 Å². The molecule has 7 heteroatoms. The Morgan fingerprint density at radius 3 is 2.85 bits per heavy atom. The third-order valence-corrected chi connectivity index (χ3v) is 4.85. The molecule has 1 aliphatic heterocycles. The van der Waals surface area contributed by atoms with Gasteiger partial charge in [-0.1, -0.05) is 18.2 Å². The molecule has 1 aliphatic rings. The van der Waals surface area contributed by atoms with Gasteiger partial charge in [0.1, 0.15) is 17.9 Å². The maximum absolute atomic E-state index is 12.4. The number of aryl methyl sites for hydroxylation is 2. The molecule has 1 aromatic heterocycles. The van der Waals surface area contributed by atoms with Gasteiger partial charge in [-0.2, -0.15) is 5.10 Å². The third kappa shape index (κ3) is 4.22. The van der Waals surface area contributed by atoms with Crippen molar-refractivity contribution in [2.24, 2.45) is 0 Å². The molecular formula is C19H26N4O3. The van der Waals surface area contributed by atoms with Gasteiger partial charge in [-0.25, -0.2) is 4.98 Å². The first kappa shape index (κ1) is 18.4. The van der Waals surface area contributed by atoms with E-state index in [9.17, 15) is 4.79 Å². The smallest absolute Gasteiger partial charge is 0.225 e. The molecule has 0 radical (unpaired) electrons. The molecule has 140 valence electrons. The van der Waals surface area contributed by atoms with Gasteiger partial charge in [0, 0.05) is 26.1 Å². The number of aromatic amines is 1. The van der Waals surface area contributed by atoms with Crippen LogP contribution in [0.1, 0.15) is 35.7 Å². The molecule has 2 aromatic rings. The van der Waals surface area contributed by atoms with Crippen LogP contribution < -0.4 is 4.74 Å². The number of likely N-dealkylation sites (N-methyl/N-ethyl adjacent to an activating group) is 1. The molecule has 2 heterocycles. The molecule has 26 heavy (non-hydrogen) atoms. The Balaban J connectivity index is 1.49. The molecule has 0 bridgehead atoms. The van der Waals surface area contributed by atoms with Crippen molar-refractivity contribution >= 4 is 5.91 Å². The zero-order valence-electron chi connectivity index (χ0n) is 15.6. The maximum Gasteiger partial charge on any atom is 0.225 e. The number of nitrogens with one attached hydrogen (secondary N) is 1. The Hall–Kier alpha value is -2.41. The molecule has 7 nitrogen and oxygen atoms in total. The van der Waals surface area contributed by atoms with E-state index in [4.69, 9.17) is 9.47 Å². The summed E-state index contributed by atoms with van der Waals surface area (Å²) in [5.74, 6) is 1.89. The normalized spacial score (nSPS) is 19.5. The molecule has 2 atom stereocenters. The second kappa shape index (κ2) is 8.31. The van der Waals surface area contributed by atoms with Crippen molar-refractivity contribution < 1.29 is 14.3 Å². The van der Waals surface area contributed by atoms with Crippen LogP contribution in [0.3, 0.4) is 0 Å². The minimum atomic E-state index is -0.0589. The van der Waals surface area contributed by atoms with Crippen LogP contribution >= 0.6 is 0 Å². The predicted molar refractivity (Wildman–Crippen MR) is 97.1 cm³/mol. The second-order valence-corrected chi connectivity index (χ2v) is 6.77. The van der Waals surface area contributed by atoms with Crippen LogP contribution in [0.15, 0.2) is 24.5 Å². The van der Waals surface area contributed by atoms with Gasteiger partial charge in [0.15, 0.2) is 0 Å². The highest BCUT2D eigenvalue weighted by Crippen LogP contribution is 2.29. The van der Waals surface area contributed by atoms with Crippen molar-refractivity contribution in [3.8, 4) is 5.75 Å². The van der Waals surface area contributed by atoms with E-state index < -0.39 is 0 Å². The van der Waals surface area contributed by atoms with E-state index in [1.165, 1.54) is 6.33 Å². The monoisotopic (exact) mass is 358 g/mol. The van der Waals surface area contributed by atoms with Crippen molar-refractivity contribution in [1.29, 1.82) is 0 Å². The number of carbonyl (C=O) groups excluding carboxylic acids is 1. The van der Waals surface area contributed by atoms with Crippen LogP contribution in [-0.2, 0) is 9.53 Å². The van der Waals surface area contributed by atoms with Crippen LogP contribution in [0.5, 0.6) is 5.75 Å². The number of amides is 1. The van der Waals surface area contributed by atoms with Crippen LogP contribution in [0, 0.1) is 13.8 Å². The molecule has 0 aliphatic carbocycles. The Bertz CT molecular complexity index is 712. The van der Waals surface area contributed by atoms with Crippen molar-refractivity contribution in [3.05, 3.63) is 41.5 Å². The molecule has 0 spiro atoms. The largest absolute Gasteiger partial charge is 0.493 e. The lowest BCUT2D eigenvalue weighted by Gasteiger charge is -2.24. The molecule has 3 rings (SSSR count). The van der Waals surface area contributed by atoms with Gasteiger partial charge in [0.05, 0.1) is 19.1 Å². The number of benzene rings is 1. The zero-order valence-corrected chi connectivity index (χ0v) is 15.6. The van der Waals surface area contributed by atoms with Crippen LogP contribution in [0.25, 0.3) is 0 Å². The highest BCUT2D eigenvalue weighted by Gasteiger charge is 2.33. The average molecular weight is 358 g/mol. The number of rotatable bonds is 7.